The molecule has 0 bridgehead atoms. The number of sulfone groups is 1. The molecule has 1 heterocycles. The molecule has 2 aromatic carbocycles. The van der Waals surface area contributed by atoms with Crippen LogP contribution in [0.4, 0.5) is 0 Å². The van der Waals surface area contributed by atoms with Crippen molar-refractivity contribution in [1.82, 2.24) is 5.32 Å². The van der Waals surface area contributed by atoms with Crippen LogP contribution in [0.3, 0.4) is 0 Å². The molecule has 5 heteroatoms. The number of nitrogens with one attached hydrogen (secondary N) is 1. The van der Waals surface area contributed by atoms with Gasteiger partial charge in [-0.1, -0.05) is 74.5 Å². The van der Waals surface area contributed by atoms with Gasteiger partial charge in [0.25, 0.3) is 0 Å². The third kappa shape index (κ3) is 4.03. The highest BCUT2D eigenvalue weighted by Gasteiger charge is 2.40. The van der Waals surface area contributed by atoms with E-state index >= 15 is 0 Å². The molecule has 140 valence electrons. The van der Waals surface area contributed by atoms with Crippen molar-refractivity contribution in [3.63, 3.8) is 0 Å². The van der Waals surface area contributed by atoms with Crippen LogP contribution in [-0.2, 0) is 9.84 Å². The number of halogens is 1. The predicted molar refractivity (Wildman–Crippen MR) is 110 cm³/mol. The lowest BCUT2D eigenvalue weighted by atomic mass is 9.91. The van der Waals surface area contributed by atoms with E-state index in [1.165, 1.54) is 0 Å². The van der Waals surface area contributed by atoms with E-state index in [9.17, 15) is 8.42 Å². The topological polar surface area (TPSA) is 46.2 Å². The Morgan fingerprint density at radius 2 is 1.73 bits per heavy atom. The zero-order chi connectivity index (χ0) is 17.9. The molecule has 0 aliphatic carbocycles. The highest BCUT2D eigenvalue weighted by molar-refractivity contribution is 7.91. The fraction of sp³-hybridized carbons (Fsp3) is 0.333. The van der Waals surface area contributed by atoms with Crippen LogP contribution in [-0.4, -0.2) is 19.7 Å². The summed E-state index contributed by atoms with van der Waals surface area (Å²) in [5.74, 6) is 0.0767. The summed E-state index contributed by atoms with van der Waals surface area (Å²) < 4.78 is 26.3. The minimum absolute atomic E-state index is 0. The van der Waals surface area contributed by atoms with Gasteiger partial charge in [0.05, 0.1) is 22.2 Å². The fourth-order valence-corrected chi connectivity index (χ4v) is 5.54. The first-order valence-corrected chi connectivity index (χ1v) is 10.5. The first kappa shape index (κ1) is 20.7. The Morgan fingerprint density at radius 1 is 1.08 bits per heavy atom. The average molecular weight is 392 g/mol. The Labute approximate surface area is 162 Å². The summed E-state index contributed by atoms with van der Waals surface area (Å²) >= 11 is 0. The maximum Gasteiger partial charge on any atom is 0.180 e. The van der Waals surface area contributed by atoms with Gasteiger partial charge < -0.3 is 0 Å². The highest BCUT2D eigenvalue weighted by atomic mass is 35.5. The second kappa shape index (κ2) is 8.38. The van der Waals surface area contributed by atoms with Gasteiger partial charge >= 0.3 is 0 Å². The zero-order valence-electron chi connectivity index (χ0n) is 15.2. The van der Waals surface area contributed by atoms with Crippen molar-refractivity contribution < 1.29 is 8.42 Å². The van der Waals surface area contributed by atoms with Crippen LogP contribution in [0, 0.1) is 0 Å². The molecule has 1 N–H and O–H groups in total. The number of hydrogen-bond donors (Lipinski definition) is 1. The monoisotopic (exact) mass is 391 g/mol. The first-order valence-electron chi connectivity index (χ1n) is 8.83. The summed E-state index contributed by atoms with van der Waals surface area (Å²) in [5.41, 5.74) is 1.33. The fourth-order valence-electron chi connectivity index (χ4n) is 3.50. The van der Waals surface area contributed by atoms with Gasteiger partial charge in [0.2, 0.25) is 0 Å². The largest absolute Gasteiger partial charge is 0.296 e. The van der Waals surface area contributed by atoms with E-state index in [4.69, 9.17) is 0 Å². The predicted octanol–water partition coefficient (Wildman–Crippen LogP) is 4.69. The van der Waals surface area contributed by atoms with Gasteiger partial charge in [-0.3, -0.25) is 5.32 Å². The lowest BCUT2D eigenvalue weighted by molar-refractivity contribution is 0.394. The second-order valence-electron chi connectivity index (χ2n) is 6.61. The summed E-state index contributed by atoms with van der Waals surface area (Å²) in [4.78, 5) is 0.441. The number of fused-ring (bicyclic) bond motifs is 1. The number of allylic oxidation sites excluding steroid dienone is 1. The van der Waals surface area contributed by atoms with E-state index in [1.807, 2.05) is 43.3 Å². The molecule has 0 spiro atoms. The van der Waals surface area contributed by atoms with E-state index < -0.39 is 15.4 Å². The molecule has 0 radical (unpaired) electrons. The number of hydrogen-bond acceptors (Lipinski definition) is 3. The standard InChI is InChI=1S/C21H25NO2S.ClH/c1-3-5-15-21(4-2)16-25(23,24)19-14-10-9-13-18(19)20(22-21)17-11-7-6-8-12-17;/h5-15,20,22H,3-4,16H2,1-2H3;1H. The van der Waals surface area contributed by atoms with Crippen LogP contribution in [0.15, 0.2) is 71.6 Å². The Morgan fingerprint density at radius 3 is 2.38 bits per heavy atom. The van der Waals surface area contributed by atoms with Crippen LogP contribution in [0.5, 0.6) is 0 Å². The molecule has 1 aliphatic rings. The van der Waals surface area contributed by atoms with Crippen molar-refractivity contribution in [2.24, 2.45) is 0 Å². The van der Waals surface area contributed by atoms with Gasteiger partial charge in [-0.2, -0.15) is 0 Å². The quantitative estimate of drug-likeness (QED) is 0.769. The van der Waals surface area contributed by atoms with Crippen molar-refractivity contribution in [2.45, 2.75) is 43.2 Å². The SMILES string of the molecule is CCC=CC1(CC)CS(=O)(=O)c2ccccc2C(c2ccccc2)N1.Cl. The molecule has 0 saturated carbocycles. The Balaban J connectivity index is 0.00000243. The summed E-state index contributed by atoms with van der Waals surface area (Å²) in [7, 11) is -3.38. The molecule has 3 nitrogen and oxygen atoms in total. The van der Waals surface area contributed by atoms with Gasteiger partial charge in [-0.15, -0.1) is 12.4 Å². The minimum atomic E-state index is -3.38. The molecule has 1 aliphatic heterocycles. The molecule has 0 amide bonds. The van der Waals surface area contributed by atoms with Crippen LogP contribution < -0.4 is 5.32 Å². The zero-order valence-corrected chi connectivity index (χ0v) is 16.8. The minimum Gasteiger partial charge on any atom is -0.296 e. The van der Waals surface area contributed by atoms with E-state index in [2.05, 4.69) is 30.4 Å². The highest BCUT2D eigenvalue weighted by Crippen LogP contribution is 2.36. The molecule has 0 aromatic heterocycles. The van der Waals surface area contributed by atoms with E-state index in [0.29, 0.717) is 11.3 Å². The van der Waals surface area contributed by atoms with Gasteiger partial charge in [0.1, 0.15) is 0 Å². The average Bonchev–Trinajstić information content (AvgIpc) is 2.74. The van der Waals surface area contributed by atoms with E-state index in [1.54, 1.807) is 12.1 Å². The lowest BCUT2D eigenvalue weighted by Gasteiger charge is -2.33. The number of rotatable bonds is 4. The molecule has 2 atom stereocenters. The summed E-state index contributed by atoms with van der Waals surface area (Å²) in [6, 6.07) is 17.3. The molecule has 3 rings (SSSR count). The van der Waals surface area contributed by atoms with Crippen LogP contribution in [0.1, 0.15) is 43.9 Å². The van der Waals surface area contributed by atoms with Crippen molar-refractivity contribution in [3.05, 3.63) is 77.9 Å². The van der Waals surface area contributed by atoms with E-state index in [-0.39, 0.29) is 24.2 Å². The van der Waals surface area contributed by atoms with E-state index in [0.717, 1.165) is 17.5 Å². The summed E-state index contributed by atoms with van der Waals surface area (Å²) in [6.45, 7) is 4.11. The van der Waals surface area contributed by atoms with Crippen LogP contribution in [0.25, 0.3) is 0 Å². The van der Waals surface area contributed by atoms with Gasteiger partial charge in [-0.25, -0.2) is 8.42 Å². The molecule has 2 aromatic rings. The Bertz CT molecular complexity index is 865. The molecule has 0 saturated heterocycles. The Kier molecular flexibility index (Phi) is 6.67. The molecular weight excluding hydrogens is 366 g/mol. The van der Waals surface area contributed by atoms with Crippen molar-refractivity contribution in [2.75, 3.05) is 5.75 Å². The van der Waals surface area contributed by atoms with Crippen molar-refractivity contribution >= 4 is 22.2 Å². The number of benzene rings is 2. The van der Waals surface area contributed by atoms with Gasteiger partial charge in [0, 0.05) is 0 Å². The maximum absolute atomic E-state index is 13.1. The molecular formula is C21H26ClNO2S. The van der Waals surface area contributed by atoms with Gasteiger partial charge in [0.15, 0.2) is 9.84 Å². The normalized spacial score (nSPS) is 24.5. The third-order valence-corrected chi connectivity index (χ3v) is 6.82. The lowest BCUT2D eigenvalue weighted by Crippen LogP contribution is -2.48. The Hall–Kier alpha value is -1.62. The molecule has 0 fully saturated rings. The molecule has 26 heavy (non-hydrogen) atoms. The summed E-state index contributed by atoms with van der Waals surface area (Å²) in [5, 5.41) is 3.68. The molecule has 2 unspecified atom stereocenters. The van der Waals surface area contributed by atoms with Crippen molar-refractivity contribution in [1.29, 1.82) is 0 Å². The smallest absolute Gasteiger partial charge is 0.180 e. The third-order valence-electron chi connectivity index (χ3n) is 4.88. The second-order valence-corrected chi connectivity index (χ2v) is 8.56. The van der Waals surface area contributed by atoms with Crippen molar-refractivity contribution in [3.8, 4) is 0 Å². The van der Waals surface area contributed by atoms with Crippen LogP contribution in [0.2, 0.25) is 0 Å². The van der Waals surface area contributed by atoms with Gasteiger partial charge in [-0.05, 0) is 30.0 Å². The maximum atomic E-state index is 13.1. The first-order chi connectivity index (χ1) is 12.0. The van der Waals surface area contributed by atoms with Crippen LogP contribution >= 0.6 is 12.4 Å². The summed E-state index contributed by atoms with van der Waals surface area (Å²) in [6.07, 6.45) is 5.70.